The van der Waals surface area contributed by atoms with Crippen LogP contribution in [-0.4, -0.2) is 11.1 Å². The predicted octanol–water partition coefficient (Wildman–Crippen LogP) is 2.41. The van der Waals surface area contributed by atoms with Crippen LogP contribution >= 0.6 is 0 Å². The third-order valence-corrected chi connectivity index (χ3v) is 2.50. The number of hydrogen-bond donors (Lipinski definition) is 2. The van der Waals surface area contributed by atoms with E-state index in [0.717, 1.165) is 5.56 Å². The number of furan rings is 1. The summed E-state index contributed by atoms with van der Waals surface area (Å²) in [7, 11) is 0. The molecule has 2 aromatic rings. The summed E-state index contributed by atoms with van der Waals surface area (Å²) >= 11 is 0. The molecule has 0 aliphatic rings. The lowest BCUT2D eigenvalue weighted by Crippen LogP contribution is -2.12. The average molecular weight is 249 g/mol. The lowest BCUT2D eigenvalue weighted by molar-refractivity contribution is 0.0692. The van der Waals surface area contributed by atoms with Crippen LogP contribution in [0.2, 0.25) is 0 Å². The second-order valence-corrected chi connectivity index (χ2v) is 3.85. The highest BCUT2D eigenvalue weighted by atomic mass is 19.1. The van der Waals surface area contributed by atoms with Crippen LogP contribution in [0.25, 0.3) is 0 Å². The van der Waals surface area contributed by atoms with Crippen LogP contribution < -0.4 is 5.32 Å². The average Bonchev–Trinajstić information content (AvgIpc) is 2.81. The van der Waals surface area contributed by atoms with Gasteiger partial charge in [0.2, 0.25) is 0 Å². The molecule has 18 heavy (non-hydrogen) atoms. The van der Waals surface area contributed by atoms with E-state index in [2.05, 4.69) is 5.32 Å². The second kappa shape index (κ2) is 5.46. The number of carboxylic acids is 1. The summed E-state index contributed by atoms with van der Waals surface area (Å²) in [6, 6.07) is 5.92. The van der Waals surface area contributed by atoms with Gasteiger partial charge in [-0.15, -0.1) is 0 Å². The third-order valence-electron chi connectivity index (χ3n) is 2.50. The van der Waals surface area contributed by atoms with Crippen LogP contribution in [-0.2, 0) is 13.1 Å². The van der Waals surface area contributed by atoms with Crippen LogP contribution in [0.3, 0.4) is 0 Å². The molecule has 1 aromatic carbocycles. The summed E-state index contributed by atoms with van der Waals surface area (Å²) in [6.45, 7) is 1.07. The van der Waals surface area contributed by atoms with Gasteiger partial charge < -0.3 is 14.8 Å². The van der Waals surface area contributed by atoms with E-state index in [0.29, 0.717) is 18.7 Å². The second-order valence-electron chi connectivity index (χ2n) is 3.85. The zero-order valence-corrected chi connectivity index (χ0v) is 9.52. The fourth-order valence-electron chi connectivity index (χ4n) is 1.59. The Kier molecular flexibility index (Phi) is 3.74. The van der Waals surface area contributed by atoms with Gasteiger partial charge >= 0.3 is 5.97 Å². The van der Waals surface area contributed by atoms with Gasteiger partial charge in [0.05, 0.1) is 18.1 Å². The van der Waals surface area contributed by atoms with Crippen LogP contribution in [0.1, 0.15) is 21.5 Å². The van der Waals surface area contributed by atoms with Crippen molar-refractivity contribution in [2.75, 3.05) is 0 Å². The van der Waals surface area contributed by atoms with Gasteiger partial charge in [0.1, 0.15) is 5.82 Å². The Morgan fingerprint density at radius 1 is 1.28 bits per heavy atom. The molecule has 4 nitrogen and oxygen atoms in total. The van der Waals surface area contributed by atoms with Crippen molar-refractivity contribution in [3.05, 3.63) is 59.3 Å². The third kappa shape index (κ3) is 2.95. The number of nitrogens with one attached hydrogen (secondary N) is 1. The van der Waals surface area contributed by atoms with Crippen molar-refractivity contribution in [2.45, 2.75) is 13.1 Å². The number of carbonyl (C=O) groups is 1. The fourth-order valence-corrected chi connectivity index (χ4v) is 1.59. The smallest absolute Gasteiger partial charge is 0.338 e. The minimum Gasteiger partial charge on any atom is -0.478 e. The summed E-state index contributed by atoms with van der Waals surface area (Å²) in [5.74, 6) is -1.98. The minimum absolute atomic E-state index is 0.311. The molecule has 0 atom stereocenters. The summed E-state index contributed by atoms with van der Waals surface area (Å²) in [5, 5.41) is 11.8. The monoisotopic (exact) mass is 249 g/mol. The van der Waals surface area contributed by atoms with Crippen LogP contribution in [0, 0.1) is 5.82 Å². The lowest BCUT2D eigenvalue weighted by atomic mass is 10.1. The molecular formula is C13H12FNO3. The molecule has 0 aliphatic carbocycles. The maximum Gasteiger partial charge on any atom is 0.338 e. The fraction of sp³-hybridized carbons (Fsp3) is 0.154. The van der Waals surface area contributed by atoms with Gasteiger partial charge in [-0.05, 0) is 23.8 Å². The number of rotatable bonds is 5. The number of aromatic carboxylic acids is 1. The molecule has 1 heterocycles. The van der Waals surface area contributed by atoms with Crippen LogP contribution in [0.5, 0.6) is 0 Å². The number of benzene rings is 1. The molecule has 0 spiro atoms. The van der Waals surface area contributed by atoms with E-state index in [1.54, 1.807) is 18.6 Å². The zero-order chi connectivity index (χ0) is 13.0. The van der Waals surface area contributed by atoms with E-state index in [1.165, 1.54) is 12.1 Å². The molecule has 94 valence electrons. The predicted molar refractivity (Wildman–Crippen MR) is 62.6 cm³/mol. The molecule has 0 radical (unpaired) electrons. The molecule has 2 N–H and O–H groups in total. The van der Waals surface area contributed by atoms with Crippen molar-refractivity contribution in [3.63, 3.8) is 0 Å². The Bertz CT molecular complexity index is 537. The van der Waals surface area contributed by atoms with Crippen LogP contribution in [0.15, 0.2) is 41.2 Å². The summed E-state index contributed by atoms with van der Waals surface area (Å²) in [5.41, 5.74) is 1.38. The Labute approximate surface area is 103 Å². The summed E-state index contributed by atoms with van der Waals surface area (Å²) in [4.78, 5) is 10.6. The Balaban J connectivity index is 1.94. The number of halogens is 1. The highest BCUT2D eigenvalue weighted by Gasteiger charge is 2.09. The van der Waals surface area contributed by atoms with Gasteiger partial charge in [0.15, 0.2) is 0 Å². The SMILES string of the molecule is O=C(O)c1ccc(CNCc2ccoc2)cc1F. The molecular weight excluding hydrogens is 237 g/mol. The van der Waals surface area contributed by atoms with Crippen molar-refractivity contribution in [2.24, 2.45) is 0 Å². The van der Waals surface area contributed by atoms with Crippen molar-refractivity contribution in [3.8, 4) is 0 Å². The molecule has 0 fully saturated rings. The van der Waals surface area contributed by atoms with Crippen LogP contribution in [0.4, 0.5) is 4.39 Å². The summed E-state index contributed by atoms with van der Waals surface area (Å²) in [6.07, 6.45) is 3.21. The van der Waals surface area contributed by atoms with Gasteiger partial charge in [0.25, 0.3) is 0 Å². The van der Waals surface area contributed by atoms with E-state index in [1.807, 2.05) is 6.07 Å². The normalized spacial score (nSPS) is 10.5. The van der Waals surface area contributed by atoms with Gasteiger partial charge in [-0.1, -0.05) is 6.07 Å². The standard InChI is InChI=1S/C13H12FNO3/c14-12-5-9(1-2-11(12)13(16)17)6-15-7-10-3-4-18-8-10/h1-5,8,15H,6-7H2,(H,16,17). The van der Waals surface area contributed by atoms with Gasteiger partial charge in [0, 0.05) is 18.7 Å². The van der Waals surface area contributed by atoms with E-state index < -0.39 is 11.8 Å². The van der Waals surface area contributed by atoms with Gasteiger partial charge in [-0.25, -0.2) is 9.18 Å². The first-order valence-corrected chi connectivity index (χ1v) is 5.40. The first-order chi connectivity index (χ1) is 8.66. The maximum atomic E-state index is 13.4. The molecule has 0 saturated carbocycles. The summed E-state index contributed by atoms with van der Waals surface area (Å²) < 4.78 is 18.3. The minimum atomic E-state index is -1.26. The van der Waals surface area contributed by atoms with E-state index >= 15 is 0 Å². The highest BCUT2D eigenvalue weighted by Crippen LogP contribution is 2.10. The highest BCUT2D eigenvalue weighted by molar-refractivity contribution is 5.87. The maximum absolute atomic E-state index is 13.4. The Morgan fingerprint density at radius 3 is 2.67 bits per heavy atom. The number of carboxylic acid groups (broad SMARTS) is 1. The molecule has 0 aliphatic heterocycles. The van der Waals surface area contributed by atoms with Gasteiger partial charge in [-0.3, -0.25) is 0 Å². The van der Waals surface area contributed by atoms with Crippen molar-refractivity contribution in [1.29, 1.82) is 0 Å². The Hall–Kier alpha value is -2.14. The number of hydrogen-bond acceptors (Lipinski definition) is 3. The quantitative estimate of drug-likeness (QED) is 0.854. The van der Waals surface area contributed by atoms with E-state index in [9.17, 15) is 9.18 Å². The molecule has 0 bridgehead atoms. The first kappa shape index (κ1) is 12.3. The molecule has 2 rings (SSSR count). The topological polar surface area (TPSA) is 62.5 Å². The van der Waals surface area contributed by atoms with Gasteiger partial charge in [-0.2, -0.15) is 0 Å². The molecule has 0 saturated heterocycles. The largest absolute Gasteiger partial charge is 0.478 e. The molecule has 0 unspecified atom stereocenters. The van der Waals surface area contributed by atoms with E-state index in [4.69, 9.17) is 9.52 Å². The van der Waals surface area contributed by atoms with E-state index in [-0.39, 0.29) is 5.56 Å². The zero-order valence-electron chi connectivity index (χ0n) is 9.52. The van der Waals surface area contributed by atoms with Crippen molar-refractivity contribution >= 4 is 5.97 Å². The molecule has 0 amide bonds. The van der Waals surface area contributed by atoms with Crippen molar-refractivity contribution < 1.29 is 18.7 Å². The molecule has 5 heteroatoms. The first-order valence-electron chi connectivity index (χ1n) is 5.40. The van der Waals surface area contributed by atoms with Crippen molar-refractivity contribution in [1.82, 2.24) is 5.32 Å². The Morgan fingerprint density at radius 2 is 2.06 bits per heavy atom. The molecule has 1 aromatic heterocycles. The lowest BCUT2D eigenvalue weighted by Gasteiger charge is -2.05.